The summed E-state index contributed by atoms with van der Waals surface area (Å²) in [6, 6.07) is 5.69. The second-order valence-electron chi connectivity index (χ2n) is 5.92. The molecule has 3 rings (SSSR count). The fourth-order valence-corrected chi connectivity index (χ4v) is 3.27. The fraction of sp³-hybridized carbons (Fsp3) is 0.625. The molecule has 23 heavy (non-hydrogen) atoms. The molecular formula is C16H22ClF3N2O. The van der Waals surface area contributed by atoms with Gasteiger partial charge in [-0.05, 0) is 23.6 Å². The molecule has 3 nitrogen and oxygen atoms in total. The van der Waals surface area contributed by atoms with Crippen molar-refractivity contribution in [3.05, 3.63) is 29.3 Å². The number of benzene rings is 1. The van der Waals surface area contributed by atoms with Crippen molar-refractivity contribution in [3.8, 4) is 5.75 Å². The van der Waals surface area contributed by atoms with Crippen LogP contribution in [-0.2, 0) is 6.42 Å². The molecule has 0 saturated carbocycles. The molecule has 0 radical (unpaired) electrons. The molecule has 0 aliphatic carbocycles. The number of piperazine rings is 1. The monoisotopic (exact) mass is 350 g/mol. The molecule has 7 heteroatoms. The van der Waals surface area contributed by atoms with Gasteiger partial charge in [0.05, 0.1) is 6.61 Å². The van der Waals surface area contributed by atoms with E-state index in [4.69, 9.17) is 4.74 Å². The lowest BCUT2D eigenvalue weighted by Gasteiger charge is -2.35. The van der Waals surface area contributed by atoms with Crippen LogP contribution in [0.25, 0.3) is 0 Å². The molecule has 1 atom stereocenters. The van der Waals surface area contributed by atoms with Gasteiger partial charge in [0.25, 0.3) is 0 Å². The van der Waals surface area contributed by atoms with Crippen molar-refractivity contribution in [1.29, 1.82) is 0 Å². The molecule has 130 valence electrons. The van der Waals surface area contributed by atoms with Gasteiger partial charge in [-0.1, -0.05) is 12.1 Å². The molecule has 1 aromatic carbocycles. The van der Waals surface area contributed by atoms with Gasteiger partial charge in [-0.3, -0.25) is 4.90 Å². The van der Waals surface area contributed by atoms with Gasteiger partial charge in [-0.25, -0.2) is 0 Å². The average molecular weight is 351 g/mol. The Labute approximate surface area is 140 Å². The summed E-state index contributed by atoms with van der Waals surface area (Å²) in [5.41, 5.74) is 2.10. The summed E-state index contributed by atoms with van der Waals surface area (Å²) in [5, 5.41) is 3.25. The number of fused-ring (bicyclic) bond motifs is 1. The minimum Gasteiger partial charge on any atom is -0.493 e. The van der Waals surface area contributed by atoms with E-state index >= 15 is 0 Å². The summed E-state index contributed by atoms with van der Waals surface area (Å²) >= 11 is 0. The Morgan fingerprint density at radius 3 is 2.65 bits per heavy atom. The summed E-state index contributed by atoms with van der Waals surface area (Å²) < 4.78 is 43.5. The first kappa shape index (κ1) is 18.4. The second-order valence-corrected chi connectivity index (χ2v) is 5.92. The van der Waals surface area contributed by atoms with Crippen LogP contribution in [0.5, 0.6) is 5.75 Å². The van der Waals surface area contributed by atoms with E-state index in [0.29, 0.717) is 6.61 Å². The standard InChI is InChI=1S/C16H21F3N2O.ClH/c17-16(18,19)5-3-14(21-8-6-20-7-9-21)12-1-2-15-13(11-12)4-10-22-15;/h1-2,11,14,20H,3-10H2;1H/t14-;/m1./s1. The van der Waals surface area contributed by atoms with Crippen molar-refractivity contribution >= 4 is 12.4 Å². The first-order chi connectivity index (χ1) is 10.5. The highest BCUT2D eigenvalue weighted by molar-refractivity contribution is 5.85. The normalized spacial score (nSPS) is 19.6. The summed E-state index contributed by atoms with van der Waals surface area (Å²) in [4.78, 5) is 2.17. The number of nitrogens with one attached hydrogen (secondary N) is 1. The van der Waals surface area contributed by atoms with E-state index in [9.17, 15) is 13.2 Å². The molecular weight excluding hydrogens is 329 g/mol. The van der Waals surface area contributed by atoms with E-state index in [1.54, 1.807) is 0 Å². The predicted octanol–water partition coefficient (Wildman–Crippen LogP) is 3.33. The molecule has 0 amide bonds. The van der Waals surface area contributed by atoms with Gasteiger partial charge < -0.3 is 10.1 Å². The minimum absolute atomic E-state index is 0. The van der Waals surface area contributed by atoms with Crippen molar-refractivity contribution in [1.82, 2.24) is 10.2 Å². The molecule has 0 aromatic heterocycles. The van der Waals surface area contributed by atoms with Crippen LogP contribution >= 0.6 is 12.4 Å². The highest BCUT2D eigenvalue weighted by Crippen LogP contribution is 2.35. The Morgan fingerprint density at radius 2 is 1.96 bits per heavy atom. The lowest BCUT2D eigenvalue weighted by atomic mass is 9.97. The maximum Gasteiger partial charge on any atom is 0.389 e. The SMILES string of the molecule is Cl.FC(F)(F)CC[C@H](c1ccc2c(c1)CCO2)N1CCNCC1. The number of alkyl halides is 3. The first-order valence-electron chi connectivity index (χ1n) is 7.80. The third-order valence-corrected chi connectivity index (χ3v) is 4.39. The van der Waals surface area contributed by atoms with Gasteiger partial charge in [0, 0.05) is 45.1 Å². The average Bonchev–Trinajstić information content (AvgIpc) is 2.95. The molecule has 2 heterocycles. The zero-order valence-corrected chi connectivity index (χ0v) is 13.7. The van der Waals surface area contributed by atoms with Crippen LogP contribution in [0.1, 0.15) is 30.0 Å². The Bertz CT molecular complexity index is 519. The van der Waals surface area contributed by atoms with Crippen LogP contribution in [0, 0.1) is 0 Å². The van der Waals surface area contributed by atoms with Gasteiger partial charge in [0.1, 0.15) is 5.75 Å². The zero-order valence-electron chi connectivity index (χ0n) is 12.9. The molecule has 1 aromatic rings. The molecule has 0 bridgehead atoms. The highest BCUT2D eigenvalue weighted by Gasteiger charge is 2.31. The maximum absolute atomic E-state index is 12.7. The lowest BCUT2D eigenvalue weighted by molar-refractivity contribution is -0.138. The van der Waals surface area contributed by atoms with Crippen molar-refractivity contribution in [2.45, 2.75) is 31.5 Å². The Hall–Kier alpha value is -0.980. The molecule has 1 N–H and O–H groups in total. The van der Waals surface area contributed by atoms with Gasteiger partial charge >= 0.3 is 6.18 Å². The molecule has 0 spiro atoms. The van der Waals surface area contributed by atoms with Crippen molar-refractivity contribution in [2.24, 2.45) is 0 Å². The molecule has 1 saturated heterocycles. The predicted molar refractivity (Wildman–Crippen MR) is 85.4 cm³/mol. The quantitative estimate of drug-likeness (QED) is 0.901. The van der Waals surface area contributed by atoms with E-state index in [-0.39, 0.29) is 24.9 Å². The largest absolute Gasteiger partial charge is 0.493 e. The number of hydrogen-bond donors (Lipinski definition) is 1. The van der Waals surface area contributed by atoms with Gasteiger partial charge in [-0.2, -0.15) is 13.2 Å². The van der Waals surface area contributed by atoms with Gasteiger partial charge in [0.15, 0.2) is 0 Å². The second kappa shape index (κ2) is 7.73. The fourth-order valence-electron chi connectivity index (χ4n) is 3.27. The van der Waals surface area contributed by atoms with Crippen molar-refractivity contribution in [2.75, 3.05) is 32.8 Å². The minimum atomic E-state index is -4.11. The van der Waals surface area contributed by atoms with E-state index in [1.807, 2.05) is 18.2 Å². The molecule has 0 unspecified atom stereocenters. The zero-order chi connectivity index (χ0) is 15.6. The maximum atomic E-state index is 12.7. The van der Waals surface area contributed by atoms with Crippen LogP contribution in [-0.4, -0.2) is 43.9 Å². The van der Waals surface area contributed by atoms with Gasteiger partial charge in [-0.15, -0.1) is 12.4 Å². The molecule has 2 aliphatic rings. The van der Waals surface area contributed by atoms with E-state index < -0.39 is 12.6 Å². The van der Waals surface area contributed by atoms with E-state index in [1.165, 1.54) is 0 Å². The summed E-state index contributed by atoms with van der Waals surface area (Å²) in [6.45, 7) is 3.90. The number of hydrogen-bond acceptors (Lipinski definition) is 3. The molecule has 1 fully saturated rings. The smallest absolute Gasteiger partial charge is 0.389 e. The number of ether oxygens (including phenoxy) is 1. The van der Waals surface area contributed by atoms with Crippen molar-refractivity contribution < 1.29 is 17.9 Å². The summed E-state index contributed by atoms with van der Waals surface area (Å²) in [6.07, 6.45) is -3.89. The third-order valence-electron chi connectivity index (χ3n) is 4.39. The van der Waals surface area contributed by atoms with Gasteiger partial charge in [0.2, 0.25) is 0 Å². The Kier molecular flexibility index (Phi) is 6.17. The number of nitrogens with zero attached hydrogens (tertiary/aromatic N) is 1. The number of halogens is 4. The van der Waals surface area contributed by atoms with Crippen molar-refractivity contribution in [3.63, 3.8) is 0 Å². The third kappa shape index (κ3) is 4.75. The summed E-state index contributed by atoms with van der Waals surface area (Å²) in [5.74, 6) is 0.874. The lowest BCUT2D eigenvalue weighted by Crippen LogP contribution is -2.45. The van der Waals surface area contributed by atoms with Crippen LogP contribution in [0.4, 0.5) is 13.2 Å². The van der Waals surface area contributed by atoms with Crippen LogP contribution < -0.4 is 10.1 Å². The summed E-state index contributed by atoms with van der Waals surface area (Å²) in [7, 11) is 0. The number of rotatable bonds is 4. The van der Waals surface area contributed by atoms with Crippen LogP contribution in [0.2, 0.25) is 0 Å². The van der Waals surface area contributed by atoms with E-state index in [2.05, 4.69) is 10.2 Å². The molecule has 2 aliphatic heterocycles. The van der Waals surface area contributed by atoms with Crippen LogP contribution in [0.3, 0.4) is 0 Å². The highest BCUT2D eigenvalue weighted by atomic mass is 35.5. The van der Waals surface area contributed by atoms with Crippen LogP contribution in [0.15, 0.2) is 18.2 Å². The van der Waals surface area contributed by atoms with E-state index in [0.717, 1.165) is 49.5 Å². The topological polar surface area (TPSA) is 24.5 Å². The Balaban J connectivity index is 0.00000192. The first-order valence-corrected chi connectivity index (χ1v) is 7.80. The Morgan fingerprint density at radius 1 is 1.22 bits per heavy atom.